The number of ether oxygens (including phenoxy) is 1. The third-order valence-corrected chi connectivity index (χ3v) is 7.69. The standard InChI is InChI=1S/C32H33N9O2/c1-4-13-38(3)14-5-6-30(42)39-15-9-24(10-16-39)27-12-18-41-31(27)32(34-22-36-41)37-25-7-8-28(23(2)19-25)43-26-11-17-40-29(20-26)33-21-35-40/h1,5-8,11-12,17-22,24H,9-10,13-16H2,2-3H3,(H,34,36,37)/b6-5+. The molecule has 11 heteroatoms. The molecule has 5 aromatic rings. The molecule has 1 aliphatic rings. The Labute approximate surface area is 249 Å². The molecule has 6 rings (SSSR count). The molecule has 0 atom stereocenters. The molecule has 1 N–H and O–H groups in total. The molecule has 0 spiro atoms. The molecule has 1 aliphatic heterocycles. The van der Waals surface area contributed by atoms with Crippen molar-refractivity contribution in [2.75, 3.05) is 38.5 Å². The second-order valence-corrected chi connectivity index (χ2v) is 10.7. The van der Waals surface area contributed by atoms with Crippen molar-refractivity contribution < 1.29 is 9.53 Å². The highest BCUT2D eigenvalue weighted by molar-refractivity contribution is 5.87. The predicted octanol–water partition coefficient (Wildman–Crippen LogP) is 4.44. The summed E-state index contributed by atoms with van der Waals surface area (Å²) in [7, 11) is 1.93. The molecule has 218 valence electrons. The van der Waals surface area contributed by atoms with Gasteiger partial charge in [0.05, 0.1) is 6.54 Å². The van der Waals surface area contributed by atoms with Crippen LogP contribution in [-0.2, 0) is 4.79 Å². The summed E-state index contributed by atoms with van der Waals surface area (Å²) in [5.74, 6) is 5.12. The number of rotatable bonds is 9. The molecule has 1 fully saturated rings. The number of benzene rings is 1. The summed E-state index contributed by atoms with van der Waals surface area (Å²) in [5.41, 5.74) is 4.72. The third-order valence-electron chi connectivity index (χ3n) is 7.69. The van der Waals surface area contributed by atoms with Crippen LogP contribution in [0.5, 0.6) is 11.5 Å². The van der Waals surface area contributed by atoms with Crippen LogP contribution in [0.4, 0.5) is 11.5 Å². The number of pyridine rings is 1. The van der Waals surface area contributed by atoms with Crippen LogP contribution in [0, 0.1) is 19.3 Å². The van der Waals surface area contributed by atoms with E-state index in [1.165, 1.54) is 11.9 Å². The molecule has 1 saturated heterocycles. The minimum absolute atomic E-state index is 0.0434. The molecule has 0 saturated carbocycles. The smallest absolute Gasteiger partial charge is 0.246 e. The number of likely N-dealkylation sites (N-methyl/N-ethyl adjacent to an activating group) is 1. The van der Waals surface area contributed by atoms with E-state index in [-0.39, 0.29) is 5.91 Å². The highest BCUT2D eigenvalue weighted by Crippen LogP contribution is 2.35. The number of piperidine rings is 1. The topological polar surface area (TPSA) is 105 Å². The van der Waals surface area contributed by atoms with Gasteiger partial charge >= 0.3 is 0 Å². The van der Waals surface area contributed by atoms with E-state index in [4.69, 9.17) is 11.2 Å². The van der Waals surface area contributed by atoms with Gasteiger partial charge < -0.3 is 15.0 Å². The lowest BCUT2D eigenvalue weighted by molar-refractivity contribution is -0.127. The predicted molar refractivity (Wildman–Crippen MR) is 165 cm³/mol. The van der Waals surface area contributed by atoms with Gasteiger partial charge in [0.15, 0.2) is 11.5 Å². The molecule has 0 aliphatic carbocycles. The van der Waals surface area contributed by atoms with Crippen molar-refractivity contribution in [2.24, 2.45) is 0 Å². The first kappa shape index (κ1) is 27.9. The fraction of sp³-hybridized carbons (Fsp3) is 0.281. The lowest BCUT2D eigenvalue weighted by Crippen LogP contribution is -2.37. The van der Waals surface area contributed by atoms with E-state index in [9.17, 15) is 4.79 Å². The second kappa shape index (κ2) is 12.3. The normalized spacial score (nSPS) is 14.1. The van der Waals surface area contributed by atoms with Gasteiger partial charge in [0, 0.05) is 49.9 Å². The molecule has 0 bridgehead atoms. The largest absolute Gasteiger partial charge is 0.457 e. The summed E-state index contributed by atoms with van der Waals surface area (Å²) in [6.45, 7) is 4.61. The van der Waals surface area contributed by atoms with Gasteiger partial charge in [-0.1, -0.05) is 12.0 Å². The maximum Gasteiger partial charge on any atom is 0.246 e. The monoisotopic (exact) mass is 575 g/mol. The first-order valence-corrected chi connectivity index (χ1v) is 14.2. The molecule has 5 heterocycles. The van der Waals surface area contributed by atoms with Crippen LogP contribution in [0.15, 0.2) is 73.6 Å². The number of carbonyl (C=O) groups excluding carboxylic acids is 1. The quantitative estimate of drug-likeness (QED) is 0.203. The molecule has 4 aromatic heterocycles. The number of nitrogens with one attached hydrogen (secondary N) is 1. The van der Waals surface area contributed by atoms with Crippen molar-refractivity contribution in [3.8, 4) is 23.8 Å². The zero-order valence-electron chi connectivity index (χ0n) is 24.2. The zero-order valence-corrected chi connectivity index (χ0v) is 24.2. The number of nitrogens with zero attached hydrogens (tertiary/aromatic N) is 8. The lowest BCUT2D eigenvalue weighted by atomic mass is 9.90. The Morgan fingerprint density at radius 2 is 1.91 bits per heavy atom. The summed E-state index contributed by atoms with van der Waals surface area (Å²) in [6.07, 6.45) is 17.5. The average molecular weight is 576 g/mol. The van der Waals surface area contributed by atoms with E-state index in [0.29, 0.717) is 37.8 Å². The van der Waals surface area contributed by atoms with Gasteiger partial charge in [0.2, 0.25) is 5.91 Å². The number of aromatic nitrogens is 6. The van der Waals surface area contributed by atoms with Gasteiger partial charge in [-0.2, -0.15) is 10.2 Å². The number of amides is 1. The first-order chi connectivity index (χ1) is 21.0. The number of hydrogen-bond acceptors (Lipinski definition) is 8. The molecule has 0 radical (unpaired) electrons. The highest BCUT2D eigenvalue weighted by atomic mass is 16.5. The summed E-state index contributed by atoms with van der Waals surface area (Å²) >= 11 is 0. The molecular formula is C32H33N9O2. The van der Waals surface area contributed by atoms with E-state index in [2.05, 4.69) is 37.5 Å². The van der Waals surface area contributed by atoms with Gasteiger partial charge in [-0.25, -0.2) is 19.0 Å². The van der Waals surface area contributed by atoms with E-state index < -0.39 is 0 Å². The molecule has 43 heavy (non-hydrogen) atoms. The SMILES string of the molecule is C#CCN(C)C/C=C/C(=O)N1CCC(c2ccn3ncnc(Nc4ccc(Oc5ccn6ncnc6c5)c(C)c4)c23)CC1. The van der Waals surface area contributed by atoms with Crippen LogP contribution < -0.4 is 10.1 Å². The van der Waals surface area contributed by atoms with E-state index in [1.54, 1.807) is 16.9 Å². The van der Waals surface area contributed by atoms with Gasteiger partial charge in [0.25, 0.3) is 0 Å². The Morgan fingerprint density at radius 1 is 1.12 bits per heavy atom. The maximum absolute atomic E-state index is 12.7. The number of terminal acetylenes is 1. The Bertz CT molecular complexity index is 1830. The average Bonchev–Trinajstić information content (AvgIpc) is 3.66. The molecule has 1 amide bonds. The van der Waals surface area contributed by atoms with Crippen molar-refractivity contribution in [3.05, 3.63) is 84.7 Å². The first-order valence-electron chi connectivity index (χ1n) is 14.2. The highest BCUT2D eigenvalue weighted by Gasteiger charge is 2.26. The molecule has 1 aromatic carbocycles. The number of carbonyl (C=O) groups is 1. The van der Waals surface area contributed by atoms with Gasteiger partial charge in [0.1, 0.15) is 29.7 Å². The van der Waals surface area contributed by atoms with Crippen LogP contribution in [0.25, 0.3) is 11.2 Å². The zero-order chi connectivity index (χ0) is 29.8. The van der Waals surface area contributed by atoms with Crippen molar-refractivity contribution in [3.63, 3.8) is 0 Å². The summed E-state index contributed by atoms with van der Waals surface area (Å²) < 4.78 is 9.69. The van der Waals surface area contributed by atoms with Crippen molar-refractivity contribution in [1.29, 1.82) is 0 Å². The van der Waals surface area contributed by atoms with Crippen LogP contribution in [0.1, 0.15) is 29.9 Å². The van der Waals surface area contributed by atoms with Crippen LogP contribution in [0.2, 0.25) is 0 Å². The van der Waals surface area contributed by atoms with Gasteiger partial charge in [-0.15, -0.1) is 6.42 Å². The summed E-state index contributed by atoms with van der Waals surface area (Å²) in [6, 6.07) is 11.8. The van der Waals surface area contributed by atoms with Crippen LogP contribution in [-0.4, -0.2) is 78.1 Å². The number of likely N-dealkylation sites (tertiary alicyclic amines) is 1. The number of anilines is 2. The number of aryl methyl sites for hydroxylation is 1. The minimum Gasteiger partial charge on any atom is -0.457 e. The Kier molecular flexibility index (Phi) is 8.02. The van der Waals surface area contributed by atoms with Crippen molar-refractivity contribution in [1.82, 2.24) is 39.0 Å². The number of fused-ring (bicyclic) bond motifs is 2. The lowest BCUT2D eigenvalue weighted by Gasteiger charge is -2.31. The summed E-state index contributed by atoms with van der Waals surface area (Å²) in [5, 5.41) is 12.1. The van der Waals surface area contributed by atoms with Crippen molar-refractivity contribution >= 4 is 28.6 Å². The Balaban J connectivity index is 1.13. The Hall–Kier alpha value is -5.21. The van der Waals surface area contributed by atoms with Gasteiger partial charge in [-0.3, -0.25) is 9.69 Å². The Morgan fingerprint density at radius 3 is 2.72 bits per heavy atom. The third kappa shape index (κ3) is 6.19. The minimum atomic E-state index is 0.0434. The van der Waals surface area contributed by atoms with E-state index >= 15 is 0 Å². The molecule has 11 nitrogen and oxygen atoms in total. The van der Waals surface area contributed by atoms with Gasteiger partial charge in [-0.05, 0) is 74.2 Å². The fourth-order valence-electron chi connectivity index (χ4n) is 5.43. The number of hydrogen-bond donors (Lipinski definition) is 1. The van der Waals surface area contributed by atoms with Crippen LogP contribution >= 0.6 is 0 Å². The van der Waals surface area contributed by atoms with E-state index in [0.717, 1.165) is 46.8 Å². The fourth-order valence-corrected chi connectivity index (χ4v) is 5.43. The molecular weight excluding hydrogens is 542 g/mol. The molecule has 0 unspecified atom stereocenters. The van der Waals surface area contributed by atoms with E-state index in [1.807, 2.05) is 77.1 Å². The van der Waals surface area contributed by atoms with Crippen molar-refractivity contribution in [2.45, 2.75) is 25.7 Å². The maximum atomic E-state index is 12.7. The second-order valence-electron chi connectivity index (χ2n) is 10.7. The van der Waals surface area contributed by atoms with Crippen LogP contribution in [0.3, 0.4) is 0 Å². The summed E-state index contributed by atoms with van der Waals surface area (Å²) in [4.78, 5) is 25.4.